The molecule has 0 unspecified atom stereocenters. The zero-order valence-corrected chi connectivity index (χ0v) is 36.9. The van der Waals surface area contributed by atoms with Crippen molar-refractivity contribution in [2.45, 2.75) is 48.5 Å². The number of anilines is 4. The molecule has 0 fully saturated rings. The van der Waals surface area contributed by atoms with Crippen LogP contribution < -0.4 is 9.80 Å². The van der Waals surface area contributed by atoms with Crippen LogP contribution in [0.3, 0.4) is 0 Å². The third-order valence-electron chi connectivity index (χ3n) is 7.18. The van der Waals surface area contributed by atoms with Gasteiger partial charge >= 0.3 is 0 Å². The number of rotatable bonds is 6. The highest BCUT2D eigenvalue weighted by Gasteiger charge is 2.10. The summed E-state index contributed by atoms with van der Waals surface area (Å²) in [4.78, 5) is 26.1. The molecule has 5 rings (SSSR count). The molecule has 268 valence electrons. The van der Waals surface area contributed by atoms with Crippen LogP contribution in [-0.2, 0) is 0 Å². The molecule has 0 aliphatic carbocycles. The van der Waals surface area contributed by atoms with Crippen LogP contribution in [0.4, 0.5) is 23.3 Å². The van der Waals surface area contributed by atoms with Gasteiger partial charge in [-0.15, -0.1) is 0 Å². The lowest BCUT2D eigenvalue weighted by Crippen LogP contribution is -2.13. The Morgan fingerprint density at radius 2 is 0.706 bits per heavy atom. The molecule has 0 atom stereocenters. The maximum absolute atomic E-state index is 4.72. The Labute approximate surface area is 337 Å². The predicted octanol–water partition coefficient (Wildman–Crippen LogP) is 13.4. The van der Waals surface area contributed by atoms with Crippen LogP contribution in [0, 0.1) is 0 Å². The zero-order valence-electron chi connectivity index (χ0n) is 30.5. The number of pyridine rings is 5. The van der Waals surface area contributed by atoms with E-state index in [2.05, 4.69) is 125 Å². The molecule has 0 bridgehead atoms. The van der Waals surface area contributed by atoms with E-state index in [1.165, 1.54) is 16.7 Å². The van der Waals surface area contributed by atoms with Crippen molar-refractivity contribution in [2.75, 3.05) is 23.9 Å². The Hall–Kier alpha value is -3.51. The molecule has 0 aromatic carbocycles. The zero-order chi connectivity index (χ0) is 37.9. The summed E-state index contributed by atoms with van der Waals surface area (Å²) in [6.45, 7) is 14.4. The Balaban J connectivity index is 0.000000269. The fourth-order valence-electron chi connectivity index (χ4n) is 3.74. The van der Waals surface area contributed by atoms with E-state index in [0.717, 1.165) is 53.1 Å². The van der Waals surface area contributed by atoms with Crippen LogP contribution in [0.5, 0.6) is 0 Å². The van der Waals surface area contributed by atoms with Gasteiger partial charge in [-0.25, -0.2) is 24.9 Å². The first kappa shape index (κ1) is 43.7. The van der Waals surface area contributed by atoms with E-state index in [4.69, 9.17) is 9.97 Å². The van der Waals surface area contributed by atoms with E-state index < -0.39 is 0 Å². The van der Waals surface area contributed by atoms with E-state index in [9.17, 15) is 0 Å². The van der Waals surface area contributed by atoms with Crippen molar-refractivity contribution in [2.24, 2.45) is 0 Å². The van der Waals surface area contributed by atoms with Gasteiger partial charge in [0.1, 0.15) is 41.7 Å². The highest BCUT2D eigenvalue weighted by atomic mass is 79.9. The van der Waals surface area contributed by atoms with Crippen LogP contribution in [-0.4, -0.2) is 39.0 Å². The normalized spacial score (nSPS) is 10.7. The first-order valence-corrected chi connectivity index (χ1v) is 19.3. The van der Waals surface area contributed by atoms with Gasteiger partial charge in [0.15, 0.2) is 0 Å². The number of hydrogen-bond donors (Lipinski definition) is 0. The van der Waals surface area contributed by atoms with E-state index in [1.807, 2.05) is 136 Å². The van der Waals surface area contributed by atoms with Gasteiger partial charge in [0.2, 0.25) is 0 Å². The van der Waals surface area contributed by atoms with Crippen molar-refractivity contribution in [1.29, 1.82) is 0 Å². The van der Waals surface area contributed by atoms with Gasteiger partial charge in [-0.2, -0.15) is 0 Å². The molecule has 0 radical (unpaired) electrons. The maximum Gasteiger partial charge on any atom is 0.135 e. The molecule has 51 heavy (non-hydrogen) atoms. The molecule has 0 N–H and O–H groups in total. The third kappa shape index (κ3) is 15.7. The maximum atomic E-state index is 4.72. The van der Waals surface area contributed by atoms with Crippen LogP contribution >= 0.6 is 63.7 Å². The number of aromatic nitrogens is 5. The Morgan fingerprint density at radius 3 is 0.961 bits per heavy atom. The second-order valence-corrected chi connectivity index (χ2v) is 14.4. The lowest BCUT2D eigenvalue weighted by Gasteiger charge is -2.19. The fourth-order valence-corrected chi connectivity index (χ4v) is 5.34. The van der Waals surface area contributed by atoms with E-state index in [0.29, 0.717) is 0 Å². The van der Waals surface area contributed by atoms with E-state index in [-0.39, 0.29) is 0 Å². The van der Waals surface area contributed by atoms with Gasteiger partial charge in [0.05, 0.1) is 11.4 Å². The number of nitrogens with zero attached hydrogens (tertiary/aromatic N) is 7. The van der Waals surface area contributed by atoms with Crippen molar-refractivity contribution in [3.8, 4) is 0 Å². The summed E-state index contributed by atoms with van der Waals surface area (Å²) in [7, 11) is 3.93. The van der Waals surface area contributed by atoms with Crippen molar-refractivity contribution < 1.29 is 0 Å². The van der Waals surface area contributed by atoms with Gasteiger partial charge in [0, 0.05) is 14.1 Å². The van der Waals surface area contributed by atoms with Crippen LogP contribution in [0.25, 0.3) is 11.1 Å². The fraction of sp³-hybridized carbons (Fsp3) is 0.225. The first-order chi connectivity index (χ1) is 24.3. The predicted molar refractivity (Wildman–Crippen MR) is 232 cm³/mol. The number of hydrogen-bond acceptors (Lipinski definition) is 7. The van der Waals surface area contributed by atoms with Crippen molar-refractivity contribution in [1.82, 2.24) is 24.9 Å². The SMILES string of the molecule is Brc1cccc(Br)n1.C/C=C(\C)c1cccc(N(C)c2cccc(/C(C)=C/C)n2)n1.CC=C(C)C.CN(c1cccc(Br)n1)c1cccc(Br)n1. The van der Waals surface area contributed by atoms with Gasteiger partial charge < -0.3 is 9.80 Å². The quantitative estimate of drug-likeness (QED) is 0.124. The average molecular weight is 943 g/mol. The van der Waals surface area contributed by atoms with Gasteiger partial charge in [-0.3, -0.25) is 0 Å². The lowest BCUT2D eigenvalue weighted by atomic mass is 10.2. The van der Waals surface area contributed by atoms with Gasteiger partial charge in [-0.05, 0) is 184 Å². The highest BCUT2D eigenvalue weighted by Crippen LogP contribution is 2.24. The number of halogens is 4. The molecule has 5 aromatic heterocycles. The van der Waals surface area contributed by atoms with Crippen LogP contribution in [0.15, 0.2) is 133 Å². The largest absolute Gasteiger partial charge is 0.314 e. The number of allylic oxidation sites excluding steroid dienone is 6. The Bertz CT molecular complexity index is 1800. The lowest BCUT2D eigenvalue weighted by molar-refractivity contribution is 1.06. The summed E-state index contributed by atoms with van der Waals surface area (Å²) >= 11 is 13.1. The monoisotopic (exact) mass is 939 g/mol. The summed E-state index contributed by atoms with van der Waals surface area (Å²) in [5, 5.41) is 0. The molecule has 0 saturated carbocycles. The first-order valence-electron chi connectivity index (χ1n) is 16.1. The average Bonchev–Trinajstić information content (AvgIpc) is 3.14. The summed E-state index contributed by atoms with van der Waals surface area (Å²) in [6, 6.07) is 29.4. The van der Waals surface area contributed by atoms with Crippen LogP contribution in [0.1, 0.15) is 59.9 Å². The molecular weight excluding hydrogens is 898 g/mol. The molecule has 0 amide bonds. The molecule has 11 heteroatoms. The molecule has 5 aromatic rings. The standard InChI is InChI=1S/C19H23N3.C11H9Br2N3.C5H3Br2N.C5H10/c1-6-14(3)16-10-8-12-18(20-16)22(5)19-13-9-11-17(21-19)15(4)7-2;1-16(10-6-2-4-8(12)14-10)11-7-3-5-9(13)15-11;6-4-2-1-3-5(7)8-4;1-4-5(2)3/h6-13H,1-5H3;2-7H,1H3;1-3H;4H,1-3H3/b14-6+,15-7+;;;. The van der Waals surface area contributed by atoms with Crippen molar-refractivity contribution >= 4 is 98.1 Å². The third-order valence-corrected chi connectivity index (χ3v) is 8.94. The van der Waals surface area contributed by atoms with Gasteiger partial charge in [0.25, 0.3) is 0 Å². The molecule has 0 saturated heterocycles. The van der Waals surface area contributed by atoms with Gasteiger partial charge in [-0.1, -0.05) is 54.1 Å². The molecule has 7 nitrogen and oxygen atoms in total. The Kier molecular flexibility index (Phi) is 19.8. The van der Waals surface area contributed by atoms with Crippen LogP contribution in [0.2, 0.25) is 0 Å². The summed E-state index contributed by atoms with van der Waals surface area (Å²) < 4.78 is 3.33. The van der Waals surface area contributed by atoms with Crippen molar-refractivity contribution in [3.05, 3.63) is 145 Å². The van der Waals surface area contributed by atoms with E-state index in [1.54, 1.807) is 0 Å². The summed E-state index contributed by atoms with van der Waals surface area (Å²) in [6.07, 6.45) is 6.22. The molecule has 0 aliphatic heterocycles. The van der Waals surface area contributed by atoms with E-state index >= 15 is 0 Å². The minimum atomic E-state index is 0.812. The minimum Gasteiger partial charge on any atom is -0.314 e. The summed E-state index contributed by atoms with van der Waals surface area (Å²) in [5.74, 6) is 3.47. The van der Waals surface area contributed by atoms with Crippen molar-refractivity contribution in [3.63, 3.8) is 0 Å². The Morgan fingerprint density at radius 1 is 0.431 bits per heavy atom. The molecule has 0 spiro atoms. The second-order valence-electron chi connectivity index (χ2n) is 11.1. The highest BCUT2D eigenvalue weighted by molar-refractivity contribution is 9.11. The minimum absolute atomic E-state index is 0.812. The molecular formula is C40H45Br4N7. The molecule has 0 aliphatic rings. The molecule has 5 heterocycles. The topological polar surface area (TPSA) is 70.9 Å². The smallest absolute Gasteiger partial charge is 0.135 e. The summed E-state index contributed by atoms with van der Waals surface area (Å²) in [5.41, 5.74) is 5.70. The second kappa shape index (κ2) is 23.1.